The van der Waals surface area contributed by atoms with E-state index in [9.17, 15) is 30.6 Å². The summed E-state index contributed by atoms with van der Waals surface area (Å²) in [6.07, 6.45) is 0. The lowest BCUT2D eigenvalue weighted by Crippen LogP contribution is -2.52. The van der Waals surface area contributed by atoms with Crippen molar-refractivity contribution in [2.45, 2.75) is 37.6 Å². The molecule has 18 nitrogen and oxygen atoms in total. The number of aliphatic imine (C=N–C) groups is 2. The molecule has 0 amide bonds. The second-order valence-electron chi connectivity index (χ2n) is 21.3. The van der Waals surface area contributed by atoms with E-state index >= 15 is 19.2 Å². The standard InChI is InChI=1S/C72H38N6O12S4/c73-31-43(32-74)53-45-25-13-15-27-47(45)59(79)57(53)77-51-29-49-61(91-51)63-55(71(89-49,67(81)85-35-39-17-5-1-6-18-39)68(82)86-36-40-19-7-2-8-20-40)65-66(93-63)56-64(94-65)62-50(30-52(92-62)78-58-54(44(33-75)34-76)46-26-14-16-28-48(46)60(58)80)90-72(56,69(83)87-37-41-21-9-3-10-22-41)70(84)88-38-42-23-11-4-12-24-42/h1-30H,35-38H2/b77-57-,78-58-. The lowest BCUT2D eigenvalue weighted by molar-refractivity contribution is -0.184. The maximum Gasteiger partial charge on any atom is 0.367 e. The number of Topliss-reactive ketones (excluding diaryl/α,β-unsaturated/α-hetero) is 2. The van der Waals surface area contributed by atoms with Crippen LogP contribution in [0.4, 0.5) is 10.0 Å². The van der Waals surface area contributed by atoms with Gasteiger partial charge in [0.25, 0.3) is 0 Å². The Morgan fingerprint density at radius 3 is 0.979 bits per heavy atom. The smallest absolute Gasteiger partial charge is 0.367 e. The van der Waals surface area contributed by atoms with Crippen LogP contribution in [0.3, 0.4) is 0 Å². The molecule has 0 spiro atoms. The number of carbonyl (C=O) groups excluding carboxylic acids is 6. The van der Waals surface area contributed by atoms with E-state index in [0.717, 1.165) is 45.3 Å². The van der Waals surface area contributed by atoms with E-state index in [1.165, 1.54) is 12.1 Å². The predicted octanol–water partition coefficient (Wildman–Crippen LogP) is 14.1. The summed E-state index contributed by atoms with van der Waals surface area (Å²) < 4.78 is 38.8. The number of nitriles is 4. The zero-order valence-electron chi connectivity index (χ0n) is 48.4. The molecule has 0 atom stereocenters. The van der Waals surface area contributed by atoms with Crippen molar-refractivity contribution in [2.24, 2.45) is 9.98 Å². The number of ketones is 2. The first kappa shape index (κ1) is 59.6. The third kappa shape index (κ3) is 9.94. The summed E-state index contributed by atoms with van der Waals surface area (Å²) in [4.78, 5) is 103. The molecular weight excluding hydrogens is 1270 g/mol. The summed E-state index contributed by atoms with van der Waals surface area (Å²) in [7, 11) is 0. The van der Waals surface area contributed by atoms with Crippen molar-refractivity contribution in [2.75, 3.05) is 0 Å². The van der Waals surface area contributed by atoms with Gasteiger partial charge in [0.1, 0.15) is 94.8 Å². The third-order valence-corrected chi connectivity index (χ3v) is 20.6. The minimum Gasteiger partial charge on any atom is -0.458 e. The number of ether oxygens (including phenoxy) is 6. The Balaban J connectivity index is 1.04. The van der Waals surface area contributed by atoms with Gasteiger partial charge < -0.3 is 28.4 Å². The fraction of sp³-hybridized carbons (Fsp3) is 0.0833. The fourth-order valence-corrected chi connectivity index (χ4v) is 16.7. The van der Waals surface area contributed by atoms with Gasteiger partial charge in [-0.1, -0.05) is 170 Å². The van der Waals surface area contributed by atoms with Gasteiger partial charge in [-0.05, 0) is 33.4 Å². The number of thiophene rings is 4. The molecule has 2 aliphatic heterocycles. The van der Waals surface area contributed by atoms with Crippen molar-refractivity contribution in [3.05, 3.63) is 249 Å². The average molecular weight is 1310 g/mol. The molecule has 0 bridgehead atoms. The average Bonchev–Trinajstić information content (AvgIpc) is 1.50. The first-order valence-electron chi connectivity index (χ1n) is 28.6. The molecule has 4 aromatic heterocycles. The highest BCUT2D eigenvalue weighted by Gasteiger charge is 2.64. The number of allylic oxidation sites excluding steroid dienone is 4. The van der Waals surface area contributed by atoms with Gasteiger partial charge in [0.05, 0.1) is 40.0 Å². The number of nitrogens with zero attached hydrogens (tertiary/aromatic N) is 6. The first-order chi connectivity index (χ1) is 45.9. The summed E-state index contributed by atoms with van der Waals surface area (Å²) >= 11 is 3.83. The molecule has 0 unspecified atom stereocenters. The van der Waals surface area contributed by atoms with Crippen LogP contribution in [0.25, 0.3) is 40.1 Å². The van der Waals surface area contributed by atoms with E-state index in [1.807, 2.05) is 24.3 Å². The molecule has 6 heterocycles. The van der Waals surface area contributed by atoms with Crippen LogP contribution in [0.1, 0.15) is 65.2 Å². The molecule has 0 saturated heterocycles. The molecule has 22 heteroatoms. The quantitative estimate of drug-likeness (QED) is 0.0423. The van der Waals surface area contributed by atoms with Crippen molar-refractivity contribution in [1.82, 2.24) is 0 Å². The van der Waals surface area contributed by atoms with E-state index in [4.69, 9.17) is 38.4 Å². The van der Waals surface area contributed by atoms with Crippen molar-refractivity contribution in [3.8, 4) is 55.3 Å². The number of fused-ring (bicyclic) bond motifs is 11. The van der Waals surface area contributed by atoms with E-state index in [-0.39, 0.29) is 133 Å². The first-order valence-corrected chi connectivity index (χ1v) is 31.8. The molecule has 0 fully saturated rings. The maximum atomic E-state index is 15.9. The van der Waals surface area contributed by atoms with E-state index in [1.54, 1.807) is 170 Å². The summed E-state index contributed by atoms with van der Waals surface area (Å²) in [5, 5.41) is 41.0. The SMILES string of the molecule is N#CC(C#N)=C1/C(=N/c2cc3c(s2)-c2sc4c5c(sc4c2C(C(=O)OCc2ccccc2)(C(=O)OCc2ccccc2)O3)-c2sc(/N=C3\C(=O)c4ccccc4C3=C(C#N)C#N)cc2OC5(C(=O)OCc2ccccc2)C(=O)OCc2ccccc2)C(=O)c2ccccc21. The molecule has 2 aliphatic carbocycles. The molecular formula is C72H38N6O12S4. The Morgan fingerprint density at radius 1 is 0.394 bits per heavy atom. The highest BCUT2D eigenvalue weighted by atomic mass is 32.1. The van der Waals surface area contributed by atoms with Crippen LogP contribution in [0.2, 0.25) is 0 Å². The fourth-order valence-electron chi connectivity index (χ4n) is 11.4. The van der Waals surface area contributed by atoms with Crippen molar-refractivity contribution < 1.29 is 57.2 Å². The number of esters is 4. The van der Waals surface area contributed by atoms with Crippen molar-refractivity contribution in [3.63, 3.8) is 0 Å². The molecule has 0 saturated carbocycles. The van der Waals surface area contributed by atoms with Crippen LogP contribution < -0.4 is 9.47 Å². The van der Waals surface area contributed by atoms with Gasteiger partial charge in [0, 0.05) is 34.4 Å². The zero-order chi connectivity index (χ0) is 64.8. The summed E-state index contributed by atoms with van der Waals surface area (Å²) in [5.41, 5.74) is -4.16. The van der Waals surface area contributed by atoms with E-state index < -0.39 is 46.6 Å². The van der Waals surface area contributed by atoms with Crippen molar-refractivity contribution in [1.29, 1.82) is 21.0 Å². The Kier molecular flexibility index (Phi) is 15.4. The Bertz CT molecular complexity index is 4760. The summed E-state index contributed by atoms with van der Waals surface area (Å²) in [6, 6.07) is 58.0. The third-order valence-electron chi connectivity index (χ3n) is 15.7. The Labute approximate surface area is 549 Å². The van der Waals surface area contributed by atoms with Gasteiger partial charge in [-0.3, -0.25) is 9.59 Å². The van der Waals surface area contributed by atoms with Crippen molar-refractivity contribution >= 4 is 123 Å². The molecule has 4 aliphatic rings. The minimum atomic E-state index is -2.90. The number of rotatable bonds is 14. The summed E-state index contributed by atoms with van der Waals surface area (Å²) in [5.74, 6) is -6.38. The zero-order valence-corrected chi connectivity index (χ0v) is 51.6. The number of benzene rings is 6. The van der Waals surface area contributed by atoms with Crippen LogP contribution >= 0.6 is 45.3 Å². The molecule has 14 rings (SSSR count). The second-order valence-corrected chi connectivity index (χ2v) is 25.4. The molecule has 6 aromatic carbocycles. The van der Waals surface area contributed by atoms with Gasteiger partial charge in [-0.15, -0.1) is 45.3 Å². The van der Waals surface area contributed by atoms with Gasteiger partial charge >= 0.3 is 35.1 Å². The molecule has 0 radical (unpaired) electrons. The van der Waals surface area contributed by atoms with Crippen LogP contribution in [-0.4, -0.2) is 46.9 Å². The van der Waals surface area contributed by atoms with Crippen LogP contribution in [0.5, 0.6) is 11.5 Å². The number of carbonyl (C=O) groups is 6. The van der Waals surface area contributed by atoms with Crippen LogP contribution in [0.15, 0.2) is 203 Å². The monoisotopic (exact) mass is 1310 g/mol. The largest absolute Gasteiger partial charge is 0.458 e. The topological polar surface area (TPSA) is 278 Å². The van der Waals surface area contributed by atoms with Crippen LogP contribution in [-0.2, 0) is 75.8 Å². The highest BCUT2D eigenvalue weighted by molar-refractivity contribution is 7.35. The van der Waals surface area contributed by atoms with E-state index in [0.29, 0.717) is 33.4 Å². The molecule has 10 aromatic rings. The highest BCUT2D eigenvalue weighted by Crippen LogP contribution is 2.65. The minimum absolute atomic E-state index is 0.00626. The maximum absolute atomic E-state index is 15.9. The normalized spacial score (nSPS) is 14.9. The summed E-state index contributed by atoms with van der Waals surface area (Å²) in [6.45, 7) is -1.49. The second kappa shape index (κ2) is 24.3. The molecule has 94 heavy (non-hydrogen) atoms. The van der Waals surface area contributed by atoms with E-state index in [2.05, 4.69) is 0 Å². The number of hydrogen-bond acceptors (Lipinski definition) is 22. The Morgan fingerprint density at radius 2 is 0.681 bits per heavy atom. The number of hydrogen-bond donors (Lipinski definition) is 0. The predicted molar refractivity (Wildman–Crippen MR) is 348 cm³/mol. The lowest BCUT2D eigenvalue weighted by atomic mass is 9.88. The molecule has 452 valence electrons. The van der Waals surface area contributed by atoms with Crippen LogP contribution in [0, 0.1) is 45.3 Å². The van der Waals surface area contributed by atoms with Gasteiger partial charge in [0.15, 0.2) is 0 Å². The van der Waals surface area contributed by atoms with Gasteiger partial charge in [0.2, 0.25) is 11.6 Å². The Hall–Kier alpha value is -12.0. The van der Waals surface area contributed by atoms with Gasteiger partial charge in [-0.2, -0.15) is 21.0 Å². The van der Waals surface area contributed by atoms with Gasteiger partial charge in [-0.25, -0.2) is 29.2 Å². The lowest BCUT2D eigenvalue weighted by Gasteiger charge is -2.33. The molecule has 0 N–H and O–H groups in total.